The summed E-state index contributed by atoms with van der Waals surface area (Å²) in [4.78, 5) is 22.4. The van der Waals surface area contributed by atoms with E-state index in [2.05, 4.69) is 22.9 Å². The third-order valence-electron chi connectivity index (χ3n) is 2.05. The zero-order chi connectivity index (χ0) is 9.30. The lowest BCUT2D eigenvalue weighted by molar-refractivity contribution is -0.130. The van der Waals surface area contributed by atoms with E-state index in [0.29, 0.717) is 0 Å². The van der Waals surface area contributed by atoms with Crippen LogP contribution in [0.2, 0.25) is 0 Å². The van der Waals surface area contributed by atoms with Gasteiger partial charge in [0.15, 0.2) is 5.11 Å². The molecule has 1 fully saturated rings. The Labute approximate surface area is 75.7 Å². The summed E-state index contributed by atoms with van der Waals surface area (Å²) in [5.74, 6) is -1.06. The Balaban J connectivity index is 2.87. The number of amides is 2. The monoisotopic (exact) mass is 186 g/mol. The lowest BCUT2D eigenvalue weighted by Gasteiger charge is -2.10. The van der Waals surface area contributed by atoms with Crippen LogP contribution < -0.4 is 10.6 Å². The first-order valence-electron chi connectivity index (χ1n) is 3.68. The highest BCUT2D eigenvalue weighted by Crippen LogP contribution is 2.12. The molecule has 0 saturated carbocycles. The molecule has 2 amide bonds. The average Bonchev–Trinajstić information content (AvgIpc) is 2.05. The minimum absolute atomic E-state index is 0.0983. The van der Waals surface area contributed by atoms with Crippen LogP contribution in [0.25, 0.3) is 0 Å². The van der Waals surface area contributed by atoms with Crippen molar-refractivity contribution in [3.05, 3.63) is 0 Å². The Morgan fingerprint density at radius 1 is 1.08 bits per heavy atom. The van der Waals surface area contributed by atoms with Crippen molar-refractivity contribution in [1.29, 1.82) is 0 Å². The van der Waals surface area contributed by atoms with Crippen molar-refractivity contribution in [3.63, 3.8) is 0 Å². The Morgan fingerprint density at radius 3 is 1.75 bits per heavy atom. The molecule has 1 aliphatic rings. The fourth-order valence-electron chi connectivity index (χ4n) is 0.937. The molecule has 2 atom stereocenters. The zero-order valence-corrected chi connectivity index (χ0v) is 7.70. The predicted octanol–water partition coefficient (Wildman–Crippen LogP) is -0.211. The van der Waals surface area contributed by atoms with Crippen LogP contribution >= 0.6 is 12.2 Å². The van der Waals surface area contributed by atoms with Crippen LogP contribution in [-0.2, 0) is 9.59 Å². The molecule has 66 valence electrons. The third-order valence-corrected chi connectivity index (χ3v) is 2.25. The van der Waals surface area contributed by atoms with E-state index >= 15 is 0 Å². The first-order chi connectivity index (χ1) is 5.52. The number of thiocarbonyl (C=S) groups is 1. The summed E-state index contributed by atoms with van der Waals surface area (Å²) in [6.45, 7) is 3.40. The van der Waals surface area contributed by atoms with E-state index in [0.717, 1.165) is 0 Å². The maximum atomic E-state index is 11.2. The van der Waals surface area contributed by atoms with E-state index in [1.54, 1.807) is 13.8 Å². The van der Waals surface area contributed by atoms with Gasteiger partial charge in [-0.2, -0.15) is 0 Å². The first-order valence-corrected chi connectivity index (χ1v) is 4.09. The maximum absolute atomic E-state index is 11.2. The smallest absolute Gasteiger partial charge is 0.229 e. The van der Waals surface area contributed by atoms with Gasteiger partial charge in [-0.3, -0.25) is 9.59 Å². The summed E-state index contributed by atoms with van der Waals surface area (Å²) >= 11 is 4.69. The van der Waals surface area contributed by atoms with Crippen LogP contribution in [0.15, 0.2) is 0 Å². The van der Waals surface area contributed by atoms with Crippen LogP contribution in [0, 0.1) is 11.8 Å². The number of carbonyl (C=O) groups excluding carboxylic acids is 2. The summed E-state index contributed by atoms with van der Waals surface area (Å²) in [5, 5.41) is 4.92. The Kier molecular flexibility index (Phi) is 2.42. The fraction of sp³-hybridized carbons (Fsp3) is 0.571. The molecule has 1 rings (SSSR count). The topological polar surface area (TPSA) is 58.2 Å². The molecule has 0 aromatic heterocycles. The molecule has 0 aromatic rings. The molecule has 2 N–H and O–H groups in total. The van der Waals surface area contributed by atoms with Crippen LogP contribution in [0.3, 0.4) is 0 Å². The van der Waals surface area contributed by atoms with Crippen molar-refractivity contribution < 1.29 is 9.59 Å². The fourth-order valence-corrected chi connectivity index (χ4v) is 1.14. The summed E-state index contributed by atoms with van der Waals surface area (Å²) in [5.41, 5.74) is 0. The van der Waals surface area contributed by atoms with Crippen LogP contribution in [-0.4, -0.2) is 16.9 Å². The van der Waals surface area contributed by atoms with Gasteiger partial charge in [-0.15, -0.1) is 0 Å². The van der Waals surface area contributed by atoms with E-state index in [4.69, 9.17) is 0 Å². The molecule has 4 nitrogen and oxygen atoms in total. The van der Waals surface area contributed by atoms with Crippen molar-refractivity contribution in [1.82, 2.24) is 10.6 Å². The van der Waals surface area contributed by atoms with Gasteiger partial charge in [0.1, 0.15) is 0 Å². The van der Waals surface area contributed by atoms with Gasteiger partial charge in [-0.1, -0.05) is 13.8 Å². The lowest BCUT2D eigenvalue weighted by atomic mass is 9.95. The number of carbonyl (C=O) groups is 2. The van der Waals surface area contributed by atoms with Crippen molar-refractivity contribution >= 4 is 29.1 Å². The number of hydrogen-bond acceptors (Lipinski definition) is 3. The highest BCUT2D eigenvalue weighted by Gasteiger charge is 2.30. The van der Waals surface area contributed by atoms with Crippen molar-refractivity contribution in [3.8, 4) is 0 Å². The van der Waals surface area contributed by atoms with E-state index in [-0.39, 0.29) is 28.8 Å². The van der Waals surface area contributed by atoms with Gasteiger partial charge in [-0.25, -0.2) is 0 Å². The van der Waals surface area contributed by atoms with Crippen LogP contribution in [0.5, 0.6) is 0 Å². The molecule has 1 aliphatic heterocycles. The number of nitrogens with one attached hydrogen (secondary N) is 2. The van der Waals surface area contributed by atoms with E-state index in [1.165, 1.54) is 0 Å². The molecule has 1 heterocycles. The molecule has 0 aromatic carbocycles. The van der Waals surface area contributed by atoms with E-state index < -0.39 is 0 Å². The molecular weight excluding hydrogens is 176 g/mol. The second kappa shape index (κ2) is 3.18. The second-order valence-electron chi connectivity index (χ2n) is 2.88. The van der Waals surface area contributed by atoms with Crippen molar-refractivity contribution in [2.75, 3.05) is 0 Å². The van der Waals surface area contributed by atoms with Gasteiger partial charge in [0.2, 0.25) is 11.8 Å². The molecule has 0 spiro atoms. The third kappa shape index (κ3) is 1.61. The molecule has 0 aliphatic carbocycles. The molecule has 0 unspecified atom stereocenters. The summed E-state index contributed by atoms with van der Waals surface area (Å²) in [7, 11) is 0. The quantitative estimate of drug-likeness (QED) is 0.515. The zero-order valence-electron chi connectivity index (χ0n) is 6.88. The van der Waals surface area contributed by atoms with E-state index in [9.17, 15) is 9.59 Å². The molecule has 0 radical (unpaired) electrons. The number of rotatable bonds is 0. The SMILES string of the molecule is C[C@@H]1C(=O)NC(=S)NC(=O)[C@@H]1C. The van der Waals surface area contributed by atoms with Crippen molar-refractivity contribution in [2.24, 2.45) is 11.8 Å². The average molecular weight is 186 g/mol. The lowest BCUT2D eigenvalue weighted by Crippen LogP contribution is -2.38. The Hall–Kier alpha value is -0.970. The van der Waals surface area contributed by atoms with Gasteiger partial charge < -0.3 is 10.6 Å². The van der Waals surface area contributed by atoms with Crippen LogP contribution in [0.1, 0.15) is 13.8 Å². The van der Waals surface area contributed by atoms with Crippen LogP contribution in [0.4, 0.5) is 0 Å². The molecule has 0 bridgehead atoms. The molecule has 5 heteroatoms. The van der Waals surface area contributed by atoms with Gasteiger partial charge >= 0.3 is 0 Å². The highest BCUT2D eigenvalue weighted by molar-refractivity contribution is 7.80. The second-order valence-corrected chi connectivity index (χ2v) is 3.29. The van der Waals surface area contributed by atoms with Gasteiger partial charge in [0.05, 0.1) is 0 Å². The normalized spacial score (nSPS) is 30.7. The summed E-state index contributed by atoms with van der Waals surface area (Å²) in [6, 6.07) is 0. The van der Waals surface area contributed by atoms with Gasteiger partial charge in [-0.05, 0) is 12.2 Å². The van der Waals surface area contributed by atoms with Crippen molar-refractivity contribution in [2.45, 2.75) is 13.8 Å². The first kappa shape index (κ1) is 9.12. The molecule has 12 heavy (non-hydrogen) atoms. The van der Waals surface area contributed by atoms with E-state index in [1.807, 2.05) is 0 Å². The highest BCUT2D eigenvalue weighted by atomic mass is 32.1. The molecular formula is C7H10N2O2S. The summed E-state index contributed by atoms with van der Waals surface area (Å²) < 4.78 is 0. The number of hydrogen-bond donors (Lipinski definition) is 2. The van der Waals surface area contributed by atoms with Gasteiger partial charge in [0.25, 0.3) is 0 Å². The summed E-state index contributed by atoms with van der Waals surface area (Å²) in [6.07, 6.45) is 0. The minimum Gasteiger partial charge on any atom is -0.303 e. The largest absolute Gasteiger partial charge is 0.303 e. The minimum atomic E-state index is -0.328. The standard InChI is InChI=1S/C7H10N2O2S/c1-3-4(2)6(11)9-7(12)8-5(3)10/h3-4H,1-2H3,(H2,8,9,10,11,12)/t3-,4+. The van der Waals surface area contributed by atoms with Gasteiger partial charge in [0, 0.05) is 11.8 Å². The Bertz CT molecular complexity index is 228. The predicted molar refractivity (Wildman–Crippen MR) is 47.2 cm³/mol. The Morgan fingerprint density at radius 2 is 1.42 bits per heavy atom. The maximum Gasteiger partial charge on any atom is 0.229 e. The molecule has 1 saturated heterocycles.